The Hall–Kier alpha value is -1.97. The number of aliphatic hydroxyl groups excluding tert-OH is 1. The van der Waals surface area contributed by atoms with Crippen molar-refractivity contribution in [2.24, 2.45) is 0 Å². The van der Waals surface area contributed by atoms with Crippen molar-refractivity contribution < 1.29 is 14.6 Å². The van der Waals surface area contributed by atoms with E-state index in [4.69, 9.17) is 4.74 Å². The molecule has 0 unspecified atom stereocenters. The second-order valence-corrected chi connectivity index (χ2v) is 5.26. The molecule has 2 N–H and O–H groups in total. The zero-order chi connectivity index (χ0) is 19.5. The van der Waals surface area contributed by atoms with Crippen LogP contribution in [0.4, 0.5) is 0 Å². The number of allylic oxidation sites excluding steroid dienone is 3. The third kappa shape index (κ3) is 14.1. The number of nitrogens with one attached hydrogen (secondary N) is 1. The Balaban J connectivity index is 0. The number of hydrogen-bond donors (Lipinski definition) is 2. The van der Waals surface area contributed by atoms with Crippen molar-refractivity contribution >= 4 is 5.91 Å². The Labute approximate surface area is 154 Å². The zero-order valence-corrected chi connectivity index (χ0v) is 16.7. The molecule has 4 heteroatoms. The monoisotopic (exact) mass is 351 g/mol. The van der Waals surface area contributed by atoms with Crippen molar-refractivity contribution in [3.05, 3.63) is 48.0 Å². The van der Waals surface area contributed by atoms with Crippen LogP contribution in [0.15, 0.2) is 48.0 Å². The first kappa shape index (κ1) is 25.3. The molecule has 0 fully saturated rings. The minimum atomic E-state index is 0.0798. The molecule has 0 aliphatic heterocycles. The second kappa shape index (κ2) is 18.4. The van der Waals surface area contributed by atoms with Crippen LogP contribution in [0.3, 0.4) is 0 Å². The lowest BCUT2D eigenvalue weighted by molar-refractivity contribution is -0.121. The summed E-state index contributed by atoms with van der Waals surface area (Å²) in [7, 11) is 1.54. The third-order valence-corrected chi connectivity index (χ3v) is 3.32. The topological polar surface area (TPSA) is 58.6 Å². The summed E-state index contributed by atoms with van der Waals surface area (Å²) < 4.78 is 5.07. The van der Waals surface area contributed by atoms with Gasteiger partial charge in [0.05, 0.1) is 7.11 Å². The molecule has 1 aliphatic carbocycles. The third-order valence-electron chi connectivity index (χ3n) is 3.32. The van der Waals surface area contributed by atoms with Crippen molar-refractivity contribution in [2.75, 3.05) is 13.7 Å². The maximum atomic E-state index is 11.6. The van der Waals surface area contributed by atoms with Gasteiger partial charge in [0.2, 0.25) is 5.91 Å². The molecule has 1 aliphatic rings. The number of aliphatic hydroxyl groups is 1. The maximum Gasteiger partial charge on any atom is 0.220 e. The summed E-state index contributed by atoms with van der Waals surface area (Å²) in [5, 5.41) is 12.5. The van der Waals surface area contributed by atoms with Crippen LogP contribution in [0, 0.1) is 0 Å². The molecule has 0 saturated heterocycles. The first-order chi connectivity index (χ1) is 12.1. The van der Waals surface area contributed by atoms with Crippen molar-refractivity contribution in [2.45, 2.75) is 66.2 Å². The Kier molecular flexibility index (Phi) is 18.6. The van der Waals surface area contributed by atoms with Crippen LogP contribution in [0.2, 0.25) is 0 Å². The molecule has 0 radical (unpaired) electrons. The van der Waals surface area contributed by atoms with Gasteiger partial charge in [0.15, 0.2) is 5.76 Å². The largest absolute Gasteiger partial charge is 0.504 e. The van der Waals surface area contributed by atoms with Gasteiger partial charge in [-0.05, 0) is 24.5 Å². The average molecular weight is 352 g/mol. The Morgan fingerprint density at radius 3 is 2.48 bits per heavy atom. The van der Waals surface area contributed by atoms with E-state index in [1.807, 2.05) is 26.0 Å². The highest BCUT2D eigenvalue weighted by Crippen LogP contribution is 2.16. The smallest absolute Gasteiger partial charge is 0.220 e. The van der Waals surface area contributed by atoms with E-state index in [0.717, 1.165) is 31.3 Å². The van der Waals surface area contributed by atoms with Crippen LogP contribution in [0.1, 0.15) is 66.2 Å². The molecular weight excluding hydrogens is 314 g/mol. The van der Waals surface area contributed by atoms with Gasteiger partial charge in [-0.1, -0.05) is 58.8 Å². The molecule has 0 heterocycles. The minimum absolute atomic E-state index is 0.0798. The summed E-state index contributed by atoms with van der Waals surface area (Å²) in [6.07, 6.45) is 12.6. The van der Waals surface area contributed by atoms with Crippen LogP contribution in [-0.2, 0) is 9.53 Å². The predicted molar refractivity (Wildman–Crippen MR) is 107 cm³/mol. The maximum absolute atomic E-state index is 11.6. The number of ether oxygens (including phenoxy) is 1. The second-order valence-electron chi connectivity index (χ2n) is 5.26. The molecule has 0 spiro atoms. The SMILES string of the molecule is C=CCC.CC.CCCCCC(=O)NCC1=CCC(OC)=C(O)C=C1. The number of amides is 1. The van der Waals surface area contributed by atoms with Crippen LogP contribution in [0.25, 0.3) is 0 Å². The summed E-state index contributed by atoms with van der Waals surface area (Å²) in [5.74, 6) is 0.764. The predicted octanol–water partition coefficient (Wildman–Crippen LogP) is 5.59. The fourth-order valence-electron chi connectivity index (χ4n) is 1.82. The van der Waals surface area contributed by atoms with Gasteiger partial charge in [0.1, 0.15) is 5.76 Å². The quantitative estimate of drug-likeness (QED) is 0.442. The number of carbonyl (C=O) groups excluding carboxylic acids is 1. The van der Waals surface area contributed by atoms with E-state index in [1.165, 1.54) is 7.11 Å². The number of carbonyl (C=O) groups is 1. The Bertz CT molecular complexity index is 448. The van der Waals surface area contributed by atoms with Crippen LogP contribution < -0.4 is 5.32 Å². The van der Waals surface area contributed by atoms with E-state index < -0.39 is 0 Å². The highest BCUT2D eigenvalue weighted by Gasteiger charge is 2.07. The number of unbranched alkanes of at least 4 members (excludes halogenated alkanes) is 2. The van der Waals surface area contributed by atoms with Gasteiger partial charge in [-0.15, -0.1) is 6.58 Å². The van der Waals surface area contributed by atoms with E-state index in [-0.39, 0.29) is 11.7 Å². The zero-order valence-electron chi connectivity index (χ0n) is 16.7. The number of rotatable bonds is 8. The molecule has 0 saturated carbocycles. The molecular formula is C21H37NO3. The van der Waals surface area contributed by atoms with Crippen molar-refractivity contribution in [3.8, 4) is 0 Å². The summed E-state index contributed by atoms with van der Waals surface area (Å²) in [4.78, 5) is 11.6. The van der Waals surface area contributed by atoms with E-state index in [9.17, 15) is 9.90 Å². The molecule has 0 bridgehead atoms. The lowest BCUT2D eigenvalue weighted by Gasteiger charge is -2.05. The van der Waals surface area contributed by atoms with E-state index in [2.05, 4.69) is 25.7 Å². The molecule has 0 aromatic heterocycles. The summed E-state index contributed by atoms with van der Waals surface area (Å²) in [5.41, 5.74) is 0.974. The van der Waals surface area contributed by atoms with Gasteiger partial charge in [-0.3, -0.25) is 4.79 Å². The van der Waals surface area contributed by atoms with E-state index in [1.54, 1.807) is 12.2 Å². The lowest BCUT2D eigenvalue weighted by atomic mass is 10.2. The molecule has 144 valence electrons. The van der Waals surface area contributed by atoms with Crippen molar-refractivity contribution in [1.82, 2.24) is 5.32 Å². The van der Waals surface area contributed by atoms with Crippen molar-refractivity contribution in [1.29, 1.82) is 0 Å². The fraction of sp³-hybridized carbons (Fsp3) is 0.571. The normalized spacial score (nSPS) is 12.6. The lowest BCUT2D eigenvalue weighted by Crippen LogP contribution is -2.24. The van der Waals surface area contributed by atoms with Gasteiger partial charge in [0, 0.05) is 19.4 Å². The summed E-state index contributed by atoms with van der Waals surface area (Å²) in [6, 6.07) is 0. The van der Waals surface area contributed by atoms with Crippen LogP contribution in [0.5, 0.6) is 0 Å². The van der Waals surface area contributed by atoms with Crippen molar-refractivity contribution in [3.63, 3.8) is 0 Å². The van der Waals surface area contributed by atoms with E-state index in [0.29, 0.717) is 25.1 Å². The standard InChI is InChI=1S/C15H23NO3.C4H8.C2H6/c1-3-4-5-6-15(18)16-11-12-7-9-13(17)14(19-2)10-8-12;1-3-4-2;1-2/h7-9,17H,3-6,10-11H2,1-2H3,(H,16,18);3H,1,4H2,2H3;1-2H3. The number of methoxy groups -OCH3 is 1. The first-order valence-electron chi connectivity index (χ1n) is 9.29. The minimum Gasteiger partial charge on any atom is -0.504 e. The number of hydrogen-bond acceptors (Lipinski definition) is 3. The molecule has 0 atom stereocenters. The fourth-order valence-corrected chi connectivity index (χ4v) is 1.82. The average Bonchev–Trinajstić information content (AvgIpc) is 2.83. The summed E-state index contributed by atoms with van der Waals surface area (Å²) in [6.45, 7) is 12.2. The van der Waals surface area contributed by atoms with Crippen LogP contribution in [-0.4, -0.2) is 24.7 Å². The summed E-state index contributed by atoms with van der Waals surface area (Å²) >= 11 is 0. The highest BCUT2D eigenvalue weighted by molar-refractivity contribution is 5.76. The van der Waals surface area contributed by atoms with E-state index >= 15 is 0 Å². The van der Waals surface area contributed by atoms with Crippen LogP contribution >= 0.6 is 0 Å². The van der Waals surface area contributed by atoms with Gasteiger partial charge in [0.25, 0.3) is 0 Å². The Morgan fingerprint density at radius 1 is 1.32 bits per heavy atom. The Morgan fingerprint density at radius 2 is 1.96 bits per heavy atom. The highest BCUT2D eigenvalue weighted by atomic mass is 16.5. The molecule has 4 nitrogen and oxygen atoms in total. The first-order valence-corrected chi connectivity index (χ1v) is 9.29. The molecule has 1 amide bonds. The van der Waals surface area contributed by atoms with Gasteiger partial charge in [-0.2, -0.15) is 0 Å². The van der Waals surface area contributed by atoms with Gasteiger partial charge < -0.3 is 15.2 Å². The molecule has 0 aromatic rings. The van der Waals surface area contributed by atoms with Gasteiger partial charge >= 0.3 is 0 Å². The molecule has 1 rings (SSSR count). The van der Waals surface area contributed by atoms with Gasteiger partial charge in [-0.25, -0.2) is 0 Å². The molecule has 25 heavy (non-hydrogen) atoms. The molecule has 0 aromatic carbocycles.